The Morgan fingerprint density at radius 3 is 2.45 bits per heavy atom. The Labute approximate surface area is 299 Å². The van der Waals surface area contributed by atoms with Crippen LogP contribution in [0, 0.1) is 0 Å². The zero-order chi connectivity index (χ0) is 35.3. The molecule has 268 valence electrons. The maximum absolute atomic E-state index is 14.6. The van der Waals surface area contributed by atoms with Crippen LogP contribution in [0.5, 0.6) is 5.75 Å². The first-order valence-electron chi connectivity index (χ1n) is 18.3. The van der Waals surface area contributed by atoms with Crippen LogP contribution in [-0.4, -0.2) is 109 Å². The monoisotopic (exact) mass is 692 g/mol. The predicted molar refractivity (Wildman–Crippen MR) is 194 cm³/mol. The Morgan fingerprint density at radius 1 is 0.902 bits per heavy atom. The summed E-state index contributed by atoms with van der Waals surface area (Å²) in [5.74, 6) is -0.225. The van der Waals surface area contributed by atoms with Crippen LogP contribution in [0.3, 0.4) is 0 Å². The highest BCUT2D eigenvalue weighted by Crippen LogP contribution is 2.31. The van der Waals surface area contributed by atoms with Gasteiger partial charge >= 0.3 is 6.03 Å². The van der Waals surface area contributed by atoms with E-state index in [4.69, 9.17) is 5.10 Å². The summed E-state index contributed by atoms with van der Waals surface area (Å²) < 4.78 is 2.06. The minimum absolute atomic E-state index is 0.00202. The first-order valence-corrected chi connectivity index (χ1v) is 18.3. The number of piperazine rings is 1. The van der Waals surface area contributed by atoms with Crippen molar-refractivity contribution in [3.63, 3.8) is 0 Å². The molecular weight excluding hydrogens is 644 g/mol. The fourth-order valence-electron chi connectivity index (χ4n) is 7.84. The number of carbonyl (C=O) groups excluding carboxylic acids is 3. The minimum Gasteiger partial charge on any atom is -0.508 e. The molecule has 12 heteroatoms. The summed E-state index contributed by atoms with van der Waals surface area (Å²) in [5, 5.41) is 22.3. The molecule has 0 saturated carbocycles. The van der Waals surface area contributed by atoms with E-state index in [-0.39, 0.29) is 43.1 Å². The molecule has 3 fully saturated rings. The number of piperidine rings is 1. The summed E-state index contributed by atoms with van der Waals surface area (Å²) in [6.07, 6.45) is 5.92. The second kappa shape index (κ2) is 15.5. The van der Waals surface area contributed by atoms with Crippen molar-refractivity contribution in [2.75, 3.05) is 39.3 Å². The average molecular weight is 693 g/mol. The number of aromatic hydroxyl groups is 1. The van der Waals surface area contributed by atoms with Gasteiger partial charge in [-0.1, -0.05) is 74.0 Å². The first kappa shape index (κ1) is 34.5. The molecule has 3 aromatic carbocycles. The van der Waals surface area contributed by atoms with Crippen molar-refractivity contribution in [1.82, 2.24) is 39.8 Å². The normalized spacial score (nSPS) is 20.2. The number of phenolic OH excluding ortho intramolecular Hbond substituents is 1. The summed E-state index contributed by atoms with van der Waals surface area (Å²) in [6, 6.07) is 21.4. The number of fused-ring (bicyclic) bond motifs is 2. The SMILES string of the molecule is CCCN1CC(=O)N2[C@@H](Cc3ccc(O)cc3)C(=O)N(Cc3cccc4cnn(CCN5CCCCC5)c34)C[C@@H]2N1C(=O)NCc1ccccc1. The molecule has 12 nitrogen and oxygen atoms in total. The topological polar surface area (TPSA) is 117 Å². The van der Waals surface area contributed by atoms with Gasteiger partial charge in [0.25, 0.3) is 0 Å². The summed E-state index contributed by atoms with van der Waals surface area (Å²) >= 11 is 0. The molecule has 4 aromatic rings. The number of benzene rings is 3. The van der Waals surface area contributed by atoms with Crippen LogP contribution in [0.25, 0.3) is 10.9 Å². The van der Waals surface area contributed by atoms with Crippen LogP contribution in [0.2, 0.25) is 0 Å². The second-order valence-corrected chi connectivity index (χ2v) is 13.9. The zero-order valence-corrected chi connectivity index (χ0v) is 29.4. The van der Waals surface area contributed by atoms with Crippen molar-refractivity contribution in [3.8, 4) is 5.75 Å². The van der Waals surface area contributed by atoms with Crippen molar-refractivity contribution >= 4 is 28.7 Å². The van der Waals surface area contributed by atoms with E-state index in [0.717, 1.165) is 60.2 Å². The lowest BCUT2D eigenvalue weighted by atomic mass is 9.98. The van der Waals surface area contributed by atoms with E-state index in [1.165, 1.54) is 19.3 Å². The molecule has 2 N–H and O–H groups in total. The van der Waals surface area contributed by atoms with Gasteiger partial charge in [-0.15, -0.1) is 0 Å². The van der Waals surface area contributed by atoms with Crippen molar-refractivity contribution in [2.24, 2.45) is 0 Å². The standard InChI is InChI=1S/C39H48N8O4/c1-2-18-44-28-36(49)46-34(23-29-14-16-33(48)17-15-29)38(50)43(27-35(46)47(44)39(51)40-24-30-10-5-3-6-11-30)26-32-13-9-12-31-25-41-45(37(31)32)22-21-42-19-7-4-8-20-42/h3,5-6,9-17,25,34-35,48H,2,4,7-8,18-24,26-28H2,1H3,(H,40,51)/t34-,35-/m0/s1. The number of aromatic nitrogens is 2. The highest BCUT2D eigenvalue weighted by Gasteiger charge is 2.51. The Balaban J connectivity index is 1.21. The maximum Gasteiger partial charge on any atom is 0.334 e. The number of phenols is 1. The molecule has 3 aliphatic heterocycles. The van der Waals surface area contributed by atoms with Gasteiger partial charge < -0.3 is 25.1 Å². The number of hydrazine groups is 1. The van der Waals surface area contributed by atoms with E-state index in [2.05, 4.69) is 27.0 Å². The number of likely N-dealkylation sites (tertiary alicyclic amines) is 1. The van der Waals surface area contributed by atoms with E-state index in [1.54, 1.807) is 34.2 Å². The number of amides is 4. The first-order chi connectivity index (χ1) is 24.9. The number of urea groups is 1. The molecule has 7 rings (SSSR count). The van der Waals surface area contributed by atoms with Crippen LogP contribution < -0.4 is 5.32 Å². The van der Waals surface area contributed by atoms with Crippen LogP contribution in [0.15, 0.2) is 79.0 Å². The number of para-hydroxylation sites is 1. The fraction of sp³-hybridized carbons (Fsp3) is 0.436. The quantitative estimate of drug-likeness (QED) is 0.242. The molecule has 4 heterocycles. The average Bonchev–Trinajstić information content (AvgIpc) is 3.57. The third kappa shape index (κ3) is 7.57. The van der Waals surface area contributed by atoms with Crippen LogP contribution in [0.4, 0.5) is 4.79 Å². The van der Waals surface area contributed by atoms with Crippen molar-refractivity contribution < 1.29 is 19.5 Å². The predicted octanol–water partition coefficient (Wildman–Crippen LogP) is 4.19. The Morgan fingerprint density at radius 2 is 1.69 bits per heavy atom. The van der Waals surface area contributed by atoms with Crippen LogP contribution in [-0.2, 0) is 35.6 Å². The molecule has 2 atom stereocenters. The molecule has 1 aromatic heterocycles. The molecule has 51 heavy (non-hydrogen) atoms. The summed E-state index contributed by atoms with van der Waals surface area (Å²) in [4.78, 5) is 48.7. The number of nitrogens with zero attached hydrogens (tertiary/aromatic N) is 7. The molecule has 0 unspecified atom stereocenters. The largest absolute Gasteiger partial charge is 0.508 e. The van der Waals surface area contributed by atoms with Crippen LogP contribution in [0.1, 0.15) is 49.3 Å². The summed E-state index contributed by atoms with van der Waals surface area (Å²) in [7, 11) is 0. The summed E-state index contributed by atoms with van der Waals surface area (Å²) in [5.41, 5.74) is 3.76. The molecular formula is C39H48N8O4. The Kier molecular flexibility index (Phi) is 10.5. The minimum atomic E-state index is -0.836. The van der Waals surface area contributed by atoms with Gasteiger partial charge in [-0.3, -0.25) is 14.3 Å². The number of hydrogen-bond acceptors (Lipinski definition) is 7. The number of carbonyl (C=O) groups is 3. The Hall–Kier alpha value is -4.94. The second-order valence-electron chi connectivity index (χ2n) is 13.9. The lowest BCUT2D eigenvalue weighted by Crippen LogP contribution is -2.76. The van der Waals surface area contributed by atoms with E-state index in [1.807, 2.05) is 59.4 Å². The van der Waals surface area contributed by atoms with Gasteiger partial charge in [-0.25, -0.2) is 14.8 Å². The lowest BCUT2D eigenvalue weighted by molar-refractivity contribution is -0.190. The molecule has 4 amide bonds. The van der Waals surface area contributed by atoms with Gasteiger partial charge in [0.2, 0.25) is 11.8 Å². The molecule has 3 saturated heterocycles. The third-order valence-electron chi connectivity index (χ3n) is 10.4. The van der Waals surface area contributed by atoms with Crippen molar-refractivity contribution in [1.29, 1.82) is 0 Å². The molecule has 3 aliphatic rings. The summed E-state index contributed by atoms with van der Waals surface area (Å²) in [6.45, 7) is 7.23. The van der Waals surface area contributed by atoms with E-state index in [9.17, 15) is 19.5 Å². The molecule has 0 radical (unpaired) electrons. The van der Waals surface area contributed by atoms with Gasteiger partial charge in [0, 0.05) is 38.0 Å². The van der Waals surface area contributed by atoms with Crippen molar-refractivity contribution in [3.05, 3.63) is 95.7 Å². The fourth-order valence-corrected chi connectivity index (χ4v) is 7.84. The number of rotatable bonds is 11. The Bertz CT molecular complexity index is 1820. The van der Waals surface area contributed by atoms with Gasteiger partial charge in [0.05, 0.1) is 31.3 Å². The zero-order valence-electron chi connectivity index (χ0n) is 29.4. The third-order valence-corrected chi connectivity index (χ3v) is 10.4. The van der Waals surface area contributed by atoms with Crippen LogP contribution >= 0.6 is 0 Å². The van der Waals surface area contributed by atoms with Gasteiger partial charge in [-0.2, -0.15) is 5.10 Å². The van der Waals surface area contributed by atoms with Gasteiger partial charge in [-0.05, 0) is 61.2 Å². The smallest absolute Gasteiger partial charge is 0.334 e. The molecule has 0 spiro atoms. The maximum atomic E-state index is 14.6. The number of hydrogen-bond donors (Lipinski definition) is 2. The highest BCUT2D eigenvalue weighted by molar-refractivity contribution is 5.92. The highest BCUT2D eigenvalue weighted by atomic mass is 16.3. The van der Waals surface area contributed by atoms with Crippen molar-refractivity contribution in [2.45, 2.75) is 70.9 Å². The van der Waals surface area contributed by atoms with Gasteiger partial charge in [0.15, 0.2) is 0 Å². The van der Waals surface area contributed by atoms with E-state index in [0.29, 0.717) is 19.6 Å². The van der Waals surface area contributed by atoms with E-state index >= 15 is 0 Å². The molecule has 0 bridgehead atoms. The van der Waals surface area contributed by atoms with E-state index < -0.39 is 12.2 Å². The van der Waals surface area contributed by atoms with Gasteiger partial charge in [0.1, 0.15) is 18.0 Å². The lowest BCUT2D eigenvalue weighted by Gasteiger charge is -2.55. The molecule has 0 aliphatic carbocycles. The number of nitrogens with one attached hydrogen (secondary N) is 1.